The molecule has 0 spiro atoms. The molecule has 0 aliphatic heterocycles. The van der Waals surface area contributed by atoms with Crippen molar-refractivity contribution in [3.8, 4) is 0 Å². The van der Waals surface area contributed by atoms with Gasteiger partial charge in [0, 0.05) is 18.0 Å². The van der Waals surface area contributed by atoms with E-state index >= 15 is 0 Å². The van der Waals surface area contributed by atoms with E-state index in [1.807, 2.05) is 0 Å². The summed E-state index contributed by atoms with van der Waals surface area (Å²) in [6.45, 7) is 13.3. The fraction of sp³-hybridized carbons (Fsp3) is 0.808. The van der Waals surface area contributed by atoms with Crippen molar-refractivity contribution in [2.75, 3.05) is 0 Å². The van der Waals surface area contributed by atoms with Crippen LogP contribution in [-0.2, 0) is 13.6 Å². The minimum atomic E-state index is -3.86. The summed E-state index contributed by atoms with van der Waals surface area (Å²) >= 11 is 0. The van der Waals surface area contributed by atoms with E-state index < -0.39 is 13.4 Å². The van der Waals surface area contributed by atoms with E-state index in [-0.39, 0.29) is 12.2 Å². The topological polar surface area (TPSA) is 68.7 Å². The number of aliphatic hydroxyl groups is 1. The minimum absolute atomic E-state index is 0.172. The smallest absolute Gasteiger partial charge is 0.364 e. The van der Waals surface area contributed by atoms with Crippen molar-refractivity contribution in [3.05, 3.63) is 30.1 Å². The number of nitrogens with zero attached hydrogens (tertiary/aromatic N) is 1. The molecule has 3 rings (SSSR count). The summed E-state index contributed by atoms with van der Waals surface area (Å²) in [7, 11) is -3.86. The Bertz CT molecular complexity index is 717. The van der Waals surface area contributed by atoms with Crippen molar-refractivity contribution in [1.29, 1.82) is 0 Å². The molecule has 32 heavy (non-hydrogen) atoms. The Morgan fingerprint density at radius 3 is 1.84 bits per heavy atom. The van der Waals surface area contributed by atoms with Crippen LogP contribution in [0, 0.1) is 35.5 Å². The maximum Gasteiger partial charge on any atom is 0.364 e. The summed E-state index contributed by atoms with van der Waals surface area (Å²) in [6.07, 6.45) is 9.01. The second kappa shape index (κ2) is 11.1. The van der Waals surface area contributed by atoms with Gasteiger partial charge in [0.25, 0.3) is 0 Å². The van der Waals surface area contributed by atoms with Gasteiger partial charge in [-0.3, -0.25) is 9.55 Å². The molecule has 0 amide bonds. The monoisotopic (exact) mass is 465 g/mol. The molecule has 6 heteroatoms. The van der Waals surface area contributed by atoms with Crippen LogP contribution in [-0.4, -0.2) is 22.3 Å². The maximum absolute atomic E-state index is 14.5. The summed E-state index contributed by atoms with van der Waals surface area (Å²) < 4.78 is 27.4. The number of rotatable bonds is 8. The zero-order chi connectivity index (χ0) is 23.5. The third-order valence-electron chi connectivity index (χ3n) is 7.77. The molecule has 1 aromatic heterocycles. The zero-order valence-electron chi connectivity index (χ0n) is 20.8. The maximum atomic E-state index is 14.5. The Hall–Kier alpha value is -0.740. The summed E-state index contributed by atoms with van der Waals surface area (Å²) in [4.78, 5) is 4.13. The predicted octanol–water partition coefficient (Wildman–Crippen LogP) is 7.22. The average Bonchev–Trinajstić information content (AvgIpc) is 2.73. The van der Waals surface area contributed by atoms with Crippen LogP contribution in [0.4, 0.5) is 0 Å². The molecule has 2 aliphatic carbocycles. The highest BCUT2D eigenvalue weighted by Crippen LogP contribution is 2.64. The third kappa shape index (κ3) is 6.23. The van der Waals surface area contributed by atoms with Gasteiger partial charge in [-0.2, -0.15) is 0 Å². The third-order valence-corrected chi connectivity index (χ3v) is 9.80. The Balaban J connectivity index is 1.92. The molecule has 2 fully saturated rings. The highest BCUT2D eigenvalue weighted by atomic mass is 31.2. The van der Waals surface area contributed by atoms with Crippen molar-refractivity contribution in [1.82, 2.24) is 4.98 Å². The molecule has 5 nitrogen and oxygen atoms in total. The summed E-state index contributed by atoms with van der Waals surface area (Å²) in [5.74, 6) is 1.18. The van der Waals surface area contributed by atoms with Crippen LogP contribution < -0.4 is 0 Å². The summed E-state index contributed by atoms with van der Waals surface area (Å²) in [6, 6.07) is 3.51. The van der Waals surface area contributed by atoms with Crippen LogP contribution in [0.1, 0.15) is 91.5 Å². The standard InChI is InChI=1S/C26H44NO4P/c1-17(2)22-11-9-19(5)14-24(22)30-32(29,26(28)21-8-7-13-27-16-21)31-25-15-20(6)10-12-23(25)18(3)4/h7-8,13,16-20,22-26,28H,9-12,14-15H2,1-6H3/t19-,20+,22+,23-,24-,25-,26+,32?/m1/s1. The van der Waals surface area contributed by atoms with E-state index in [2.05, 4.69) is 46.5 Å². The van der Waals surface area contributed by atoms with E-state index in [9.17, 15) is 9.67 Å². The molecule has 1 heterocycles. The van der Waals surface area contributed by atoms with Crippen molar-refractivity contribution in [2.24, 2.45) is 35.5 Å². The lowest BCUT2D eigenvalue weighted by Crippen LogP contribution is -2.37. The first-order valence-corrected chi connectivity index (χ1v) is 14.3. The van der Waals surface area contributed by atoms with Gasteiger partial charge in [0.15, 0.2) is 5.85 Å². The molecule has 1 N–H and O–H groups in total. The number of hydrogen-bond acceptors (Lipinski definition) is 5. The first-order chi connectivity index (χ1) is 15.1. The van der Waals surface area contributed by atoms with Gasteiger partial charge in [-0.15, -0.1) is 0 Å². The number of aromatic nitrogens is 1. The van der Waals surface area contributed by atoms with E-state index in [0.29, 0.717) is 41.1 Å². The van der Waals surface area contributed by atoms with Gasteiger partial charge < -0.3 is 14.2 Å². The number of pyridine rings is 1. The number of hydrogen-bond donors (Lipinski definition) is 1. The van der Waals surface area contributed by atoms with Crippen LogP contribution in [0.3, 0.4) is 0 Å². The molecular formula is C26H44NO4P. The molecule has 0 radical (unpaired) electrons. The quantitative estimate of drug-likeness (QED) is 0.410. The lowest BCUT2D eigenvalue weighted by atomic mass is 9.75. The normalized spacial score (nSPS) is 34.4. The average molecular weight is 466 g/mol. The van der Waals surface area contributed by atoms with Crippen LogP contribution in [0.2, 0.25) is 0 Å². The molecule has 1 unspecified atom stereocenters. The predicted molar refractivity (Wildman–Crippen MR) is 129 cm³/mol. The SMILES string of the molecule is CC(C)[C@H]1CC[C@H](C)C[C@H]1OP(=O)(O[C@@H]1C[C@H](C)CC[C@H]1C(C)C)[C@H](O)c1cccnc1. The van der Waals surface area contributed by atoms with Gasteiger partial charge in [-0.05, 0) is 67.3 Å². The highest BCUT2D eigenvalue weighted by Gasteiger charge is 2.46. The van der Waals surface area contributed by atoms with Gasteiger partial charge in [0.2, 0.25) is 0 Å². The molecule has 0 bridgehead atoms. The Kier molecular flexibility index (Phi) is 8.99. The van der Waals surface area contributed by atoms with E-state index in [0.717, 1.165) is 38.5 Å². The Labute approximate surface area is 195 Å². The van der Waals surface area contributed by atoms with Crippen molar-refractivity contribution >= 4 is 7.60 Å². The highest BCUT2D eigenvalue weighted by molar-refractivity contribution is 7.54. The molecule has 2 saturated carbocycles. The zero-order valence-corrected chi connectivity index (χ0v) is 21.7. The largest absolute Gasteiger partial charge is 0.376 e. The van der Waals surface area contributed by atoms with Gasteiger partial charge in [0.05, 0.1) is 12.2 Å². The van der Waals surface area contributed by atoms with Crippen LogP contribution >= 0.6 is 7.60 Å². The molecule has 182 valence electrons. The molecule has 0 saturated heterocycles. The van der Waals surface area contributed by atoms with Crippen molar-refractivity contribution in [2.45, 2.75) is 98.1 Å². The van der Waals surface area contributed by atoms with Crippen LogP contribution in [0.5, 0.6) is 0 Å². The lowest BCUT2D eigenvalue weighted by Gasteiger charge is -2.42. The fourth-order valence-electron chi connectivity index (χ4n) is 5.70. The van der Waals surface area contributed by atoms with Crippen LogP contribution in [0.15, 0.2) is 24.5 Å². The van der Waals surface area contributed by atoms with Crippen molar-refractivity contribution < 1.29 is 18.7 Å². The molecule has 0 aromatic carbocycles. The fourth-order valence-corrected chi connectivity index (χ4v) is 7.74. The van der Waals surface area contributed by atoms with Crippen LogP contribution in [0.25, 0.3) is 0 Å². The Morgan fingerprint density at radius 2 is 1.44 bits per heavy atom. The van der Waals surface area contributed by atoms with Crippen molar-refractivity contribution in [3.63, 3.8) is 0 Å². The second-order valence-electron chi connectivity index (χ2n) is 11.1. The molecule has 2 aliphatic rings. The molecular weight excluding hydrogens is 421 g/mol. The van der Waals surface area contributed by atoms with E-state index in [1.165, 1.54) is 0 Å². The van der Waals surface area contributed by atoms with E-state index in [1.54, 1.807) is 24.5 Å². The summed E-state index contributed by atoms with van der Waals surface area (Å²) in [5, 5.41) is 11.3. The van der Waals surface area contributed by atoms with Gasteiger partial charge in [-0.1, -0.05) is 60.5 Å². The minimum Gasteiger partial charge on any atom is -0.376 e. The first-order valence-electron chi connectivity index (χ1n) is 12.6. The van der Waals surface area contributed by atoms with Gasteiger partial charge in [0.1, 0.15) is 0 Å². The number of aliphatic hydroxyl groups excluding tert-OH is 1. The molecule has 1 aromatic rings. The molecule has 8 atom stereocenters. The first kappa shape index (κ1) is 25.9. The lowest BCUT2D eigenvalue weighted by molar-refractivity contribution is -0.0154. The van der Waals surface area contributed by atoms with Gasteiger partial charge >= 0.3 is 7.60 Å². The Morgan fingerprint density at radius 1 is 0.938 bits per heavy atom. The van der Waals surface area contributed by atoms with Gasteiger partial charge in [-0.25, -0.2) is 0 Å². The second-order valence-corrected chi connectivity index (χ2v) is 13.1. The summed E-state index contributed by atoms with van der Waals surface area (Å²) in [5.41, 5.74) is 0.491. The van der Waals surface area contributed by atoms with E-state index in [4.69, 9.17) is 9.05 Å².